The smallest absolute Gasteiger partial charge is 0.407 e. The minimum absolute atomic E-state index is 0. The Morgan fingerprint density at radius 1 is 1.36 bits per heavy atom. The average molecular weight is 161 g/mol. The predicted octanol–water partition coefficient (Wildman–Crippen LogP) is 0.757. The quantitative estimate of drug-likeness (QED) is 0.551. The van der Waals surface area contributed by atoms with Crippen LogP contribution in [-0.2, 0) is 0 Å². The van der Waals surface area contributed by atoms with Crippen LogP contribution in [0, 0.1) is 0 Å². The molecule has 1 saturated heterocycles. The van der Waals surface area contributed by atoms with Crippen LogP contribution in [0.15, 0.2) is 0 Å². The predicted molar refractivity (Wildman–Crippen MR) is 41.6 cm³/mol. The molecule has 1 fully saturated rings. The van der Waals surface area contributed by atoms with Gasteiger partial charge in [0.05, 0.1) is 6.10 Å². The lowest BCUT2D eigenvalue weighted by atomic mass is 10.1. The summed E-state index contributed by atoms with van der Waals surface area (Å²) in [6, 6.07) is 0. The minimum Gasteiger partial charge on any atom is -0.465 e. The van der Waals surface area contributed by atoms with Gasteiger partial charge in [-0.05, 0) is 12.8 Å². The first kappa shape index (κ1) is 10.2. The number of likely N-dealkylation sites (tertiary alicyclic amines) is 1. The number of aliphatic hydroxyl groups is 1. The Balaban J connectivity index is 0.000001000. The Labute approximate surface area is 66.4 Å². The molecule has 1 aliphatic rings. The Hall–Kier alpha value is -0.770. The molecule has 4 heteroatoms. The zero-order chi connectivity index (χ0) is 7.56. The van der Waals surface area contributed by atoms with E-state index in [9.17, 15) is 4.79 Å². The fraction of sp³-hybridized carbons (Fsp3) is 0.857. The lowest BCUT2D eigenvalue weighted by molar-refractivity contribution is 0.0769. The normalized spacial score (nSPS) is 19.2. The van der Waals surface area contributed by atoms with Crippen molar-refractivity contribution in [3.63, 3.8) is 0 Å². The summed E-state index contributed by atoms with van der Waals surface area (Å²) < 4.78 is 0. The van der Waals surface area contributed by atoms with E-state index in [-0.39, 0.29) is 13.5 Å². The van der Waals surface area contributed by atoms with Crippen LogP contribution in [0.2, 0.25) is 0 Å². The second-order valence-corrected chi connectivity index (χ2v) is 2.50. The molecule has 0 saturated carbocycles. The van der Waals surface area contributed by atoms with Crippen LogP contribution < -0.4 is 0 Å². The van der Waals surface area contributed by atoms with Crippen molar-refractivity contribution >= 4 is 6.09 Å². The van der Waals surface area contributed by atoms with Gasteiger partial charge in [-0.1, -0.05) is 7.43 Å². The summed E-state index contributed by atoms with van der Waals surface area (Å²) in [5, 5.41) is 17.5. The van der Waals surface area contributed by atoms with Gasteiger partial charge >= 0.3 is 6.09 Å². The maximum atomic E-state index is 10.3. The van der Waals surface area contributed by atoms with Crippen LogP contribution >= 0.6 is 0 Å². The molecule has 0 unspecified atom stereocenters. The second kappa shape index (κ2) is 4.18. The maximum absolute atomic E-state index is 10.3. The summed E-state index contributed by atoms with van der Waals surface area (Å²) >= 11 is 0. The van der Waals surface area contributed by atoms with Gasteiger partial charge in [0, 0.05) is 13.1 Å². The fourth-order valence-corrected chi connectivity index (χ4v) is 1.06. The van der Waals surface area contributed by atoms with Crippen molar-refractivity contribution in [2.75, 3.05) is 13.1 Å². The van der Waals surface area contributed by atoms with Gasteiger partial charge in [-0.25, -0.2) is 4.79 Å². The molecule has 0 bridgehead atoms. The van der Waals surface area contributed by atoms with Crippen LogP contribution in [-0.4, -0.2) is 40.4 Å². The van der Waals surface area contributed by atoms with Crippen molar-refractivity contribution in [2.24, 2.45) is 0 Å². The van der Waals surface area contributed by atoms with E-state index < -0.39 is 6.09 Å². The zero-order valence-corrected chi connectivity index (χ0v) is 5.66. The molecule has 0 aromatic carbocycles. The molecule has 0 aliphatic carbocycles. The van der Waals surface area contributed by atoms with E-state index in [2.05, 4.69) is 0 Å². The minimum atomic E-state index is -0.883. The van der Waals surface area contributed by atoms with Crippen molar-refractivity contribution in [3.8, 4) is 0 Å². The molecular formula is C7H15NO3. The van der Waals surface area contributed by atoms with E-state index in [0.29, 0.717) is 25.9 Å². The van der Waals surface area contributed by atoms with Gasteiger partial charge < -0.3 is 15.1 Å². The first-order chi connectivity index (χ1) is 4.70. The summed E-state index contributed by atoms with van der Waals surface area (Å²) in [5.74, 6) is 0. The lowest BCUT2D eigenvalue weighted by Crippen LogP contribution is -2.39. The first-order valence-corrected chi connectivity index (χ1v) is 3.36. The molecule has 0 aromatic rings. The fourth-order valence-electron chi connectivity index (χ4n) is 1.06. The van der Waals surface area contributed by atoms with Gasteiger partial charge in [0.2, 0.25) is 0 Å². The molecule has 1 amide bonds. The SMILES string of the molecule is C.O=C(O)N1CCC(O)CC1. The number of carboxylic acid groups (broad SMARTS) is 1. The molecule has 0 spiro atoms. The summed E-state index contributed by atoms with van der Waals surface area (Å²) in [6.45, 7) is 0.938. The lowest BCUT2D eigenvalue weighted by Gasteiger charge is -2.26. The largest absolute Gasteiger partial charge is 0.465 e. The van der Waals surface area contributed by atoms with E-state index >= 15 is 0 Å². The van der Waals surface area contributed by atoms with Crippen LogP contribution in [0.4, 0.5) is 4.79 Å². The number of amides is 1. The van der Waals surface area contributed by atoms with Crippen molar-refractivity contribution in [3.05, 3.63) is 0 Å². The second-order valence-electron chi connectivity index (χ2n) is 2.50. The maximum Gasteiger partial charge on any atom is 0.407 e. The highest BCUT2D eigenvalue weighted by Crippen LogP contribution is 2.08. The van der Waals surface area contributed by atoms with Crippen LogP contribution in [0.1, 0.15) is 20.3 Å². The van der Waals surface area contributed by atoms with Crippen LogP contribution in [0.5, 0.6) is 0 Å². The molecule has 1 heterocycles. The highest BCUT2D eigenvalue weighted by Gasteiger charge is 2.19. The van der Waals surface area contributed by atoms with E-state index in [1.54, 1.807) is 0 Å². The number of hydrogen-bond donors (Lipinski definition) is 2. The van der Waals surface area contributed by atoms with E-state index in [4.69, 9.17) is 10.2 Å². The molecule has 1 rings (SSSR count). The molecule has 2 N–H and O–H groups in total. The zero-order valence-electron chi connectivity index (χ0n) is 5.66. The topological polar surface area (TPSA) is 60.8 Å². The molecule has 0 atom stereocenters. The van der Waals surface area contributed by atoms with Crippen LogP contribution in [0.25, 0.3) is 0 Å². The van der Waals surface area contributed by atoms with Gasteiger partial charge in [-0.15, -0.1) is 0 Å². The number of rotatable bonds is 0. The molecule has 66 valence electrons. The van der Waals surface area contributed by atoms with E-state index in [1.807, 2.05) is 0 Å². The molecule has 4 nitrogen and oxygen atoms in total. The summed E-state index contributed by atoms with van der Waals surface area (Å²) in [4.78, 5) is 11.6. The van der Waals surface area contributed by atoms with Crippen molar-refractivity contribution < 1.29 is 15.0 Å². The van der Waals surface area contributed by atoms with Gasteiger partial charge in [0.1, 0.15) is 0 Å². The third-order valence-electron chi connectivity index (χ3n) is 1.74. The van der Waals surface area contributed by atoms with Gasteiger partial charge in [-0.3, -0.25) is 0 Å². The molecule has 11 heavy (non-hydrogen) atoms. The molecule has 0 radical (unpaired) electrons. The first-order valence-electron chi connectivity index (χ1n) is 3.36. The Bertz CT molecular complexity index is 130. The summed E-state index contributed by atoms with van der Waals surface area (Å²) in [6.07, 6.45) is -0.0269. The highest BCUT2D eigenvalue weighted by molar-refractivity contribution is 5.64. The van der Waals surface area contributed by atoms with Crippen molar-refractivity contribution in [1.82, 2.24) is 4.90 Å². The monoisotopic (exact) mass is 161 g/mol. The van der Waals surface area contributed by atoms with E-state index in [1.165, 1.54) is 4.90 Å². The van der Waals surface area contributed by atoms with Gasteiger partial charge in [0.15, 0.2) is 0 Å². The number of hydrogen-bond acceptors (Lipinski definition) is 2. The molecule has 0 aromatic heterocycles. The molecular weight excluding hydrogens is 146 g/mol. The number of aliphatic hydroxyl groups excluding tert-OH is 1. The Morgan fingerprint density at radius 2 is 1.82 bits per heavy atom. The Kier molecular flexibility index (Phi) is 3.89. The standard InChI is InChI=1S/C6H11NO3.CH4/c8-5-1-3-7(4-2-5)6(9)10;/h5,8H,1-4H2,(H,9,10);1H4. The number of carbonyl (C=O) groups is 1. The number of piperidine rings is 1. The van der Waals surface area contributed by atoms with Gasteiger partial charge in [0.25, 0.3) is 0 Å². The summed E-state index contributed by atoms with van der Waals surface area (Å²) in [7, 11) is 0. The third kappa shape index (κ3) is 2.76. The third-order valence-corrected chi connectivity index (χ3v) is 1.74. The molecule has 1 aliphatic heterocycles. The van der Waals surface area contributed by atoms with Crippen molar-refractivity contribution in [2.45, 2.75) is 26.4 Å². The van der Waals surface area contributed by atoms with E-state index in [0.717, 1.165) is 0 Å². The van der Waals surface area contributed by atoms with Gasteiger partial charge in [-0.2, -0.15) is 0 Å². The Morgan fingerprint density at radius 3 is 2.18 bits per heavy atom. The number of nitrogens with zero attached hydrogens (tertiary/aromatic N) is 1. The summed E-state index contributed by atoms with van der Waals surface area (Å²) in [5.41, 5.74) is 0. The highest BCUT2D eigenvalue weighted by atomic mass is 16.4. The van der Waals surface area contributed by atoms with Crippen LogP contribution in [0.3, 0.4) is 0 Å². The van der Waals surface area contributed by atoms with Crippen molar-refractivity contribution in [1.29, 1.82) is 0 Å². The average Bonchev–Trinajstić information content (AvgIpc) is 1.88.